The largest absolute Gasteiger partial charge is 0.462 e. The molecule has 0 aliphatic heterocycles. The zero-order chi connectivity index (χ0) is 30.1. The lowest BCUT2D eigenvalue weighted by atomic mass is 10.0. The van der Waals surface area contributed by atoms with E-state index >= 15 is 0 Å². The Balaban J connectivity index is 2.10. The van der Waals surface area contributed by atoms with Crippen molar-refractivity contribution in [1.29, 1.82) is 0 Å². The molecule has 3 heterocycles. The van der Waals surface area contributed by atoms with E-state index in [0.29, 0.717) is 34.2 Å². The van der Waals surface area contributed by atoms with Crippen LogP contribution in [0.2, 0.25) is 0 Å². The highest BCUT2D eigenvalue weighted by molar-refractivity contribution is 5.94. The number of ether oxygens (including phenoxy) is 2. The molecule has 0 fully saturated rings. The van der Waals surface area contributed by atoms with E-state index < -0.39 is 18.0 Å². The molecule has 0 bridgehead atoms. The van der Waals surface area contributed by atoms with E-state index in [2.05, 4.69) is 6.58 Å². The Morgan fingerprint density at radius 3 is 2.34 bits per heavy atom. The van der Waals surface area contributed by atoms with Crippen LogP contribution in [0.1, 0.15) is 60.1 Å². The third kappa shape index (κ3) is 7.73. The first-order valence-electron chi connectivity index (χ1n) is 13.3. The average Bonchev–Trinajstić information content (AvgIpc) is 3.61. The first-order valence-corrected chi connectivity index (χ1v) is 13.3. The van der Waals surface area contributed by atoms with Crippen molar-refractivity contribution >= 4 is 23.2 Å². The van der Waals surface area contributed by atoms with Crippen LogP contribution in [0.5, 0.6) is 0 Å². The van der Waals surface area contributed by atoms with Gasteiger partial charge >= 0.3 is 11.9 Å². The molecule has 0 saturated carbocycles. The molecular weight excluding hydrogens is 522 g/mol. The second-order valence-electron chi connectivity index (χ2n) is 9.26. The normalized spacial score (nSPS) is 13.3. The number of nitrogens with zero attached hydrogens (tertiary/aromatic N) is 2. The molecule has 0 radical (unpaired) electrons. The van der Waals surface area contributed by atoms with Crippen LogP contribution in [0.4, 0.5) is 0 Å². The second kappa shape index (κ2) is 14.1. The summed E-state index contributed by atoms with van der Waals surface area (Å²) in [4.78, 5) is 31.8. The Labute approximate surface area is 240 Å². The Kier molecular flexibility index (Phi) is 10.7. The molecule has 9 nitrogen and oxygen atoms in total. The van der Waals surface area contributed by atoms with Crippen molar-refractivity contribution in [3.05, 3.63) is 101 Å². The number of nitrogens with two attached hydrogens (primary N) is 1. The van der Waals surface area contributed by atoms with E-state index in [0.717, 1.165) is 5.76 Å². The van der Waals surface area contributed by atoms with E-state index in [1.165, 1.54) is 6.08 Å². The van der Waals surface area contributed by atoms with Gasteiger partial charge in [0, 0.05) is 5.57 Å². The average molecular weight is 560 g/mol. The van der Waals surface area contributed by atoms with Gasteiger partial charge in [-0.2, -0.15) is 0 Å². The van der Waals surface area contributed by atoms with Gasteiger partial charge in [0.1, 0.15) is 11.5 Å². The van der Waals surface area contributed by atoms with Crippen molar-refractivity contribution in [1.82, 2.24) is 9.88 Å². The van der Waals surface area contributed by atoms with Gasteiger partial charge in [-0.15, -0.1) is 0 Å². The smallest absolute Gasteiger partial charge is 0.338 e. The SMILES string of the molecule is C=C/C(=C\C(c1cc(C(=O)OCC)cc(/C(N)=C/C(=C\C)C(=O)OCC)n1)N(C)C)c1ccc(-c2ccc(C)o2)o1. The number of aryl methyl sites for hydroxylation is 1. The van der Waals surface area contributed by atoms with Crippen LogP contribution >= 0.6 is 0 Å². The van der Waals surface area contributed by atoms with Gasteiger partial charge in [0.2, 0.25) is 0 Å². The number of pyridine rings is 1. The van der Waals surface area contributed by atoms with E-state index in [9.17, 15) is 9.59 Å². The number of carbonyl (C=O) groups excluding carboxylic acids is 2. The summed E-state index contributed by atoms with van der Waals surface area (Å²) < 4.78 is 22.1. The summed E-state index contributed by atoms with van der Waals surface area (Å²) in [7, 11) is 3.77. The quantitative estimate of drug-likeness (QED) is 0.159. The zero-order valence-corrected chi connectivity index (χ0v) is 24.4. The molecule has 0 spiro atoms. The molecule has 9 heteroatoms. The minimum absolute atomic E-state index is 0.188. The van der Waals surface area contributed by atoms with Gasteiger partial charge in [0.05, 0.1) is 47.5 Å². The minimum Gasteiger partial charge on any atom is -0.462 e. The molecule has 0 amide bonds. The van der Waals surface area contributed by atoms with Crippen LogP contribution in [0.15, 0.2) is 81.7 Å². The number of carbonyl (C=O) groups is 2. The molecule has 1 unspecified atom stereocenters. The molecule has 3 aromatic heterocycles. The third-order valence-corrected chi connectivity index (χ3v) is 6.08. The molecule has 1 atom stereocenters. The molecule has 41 heavy (non-hydrogen) atoms. The van der Waals surface area contributed by atoms with Crippen LogP contribution in [0.3, 0.4) is 0 Å². The van der Waals surface area contributed by atoms with Crippen molar-refractivity contribution in [2.75, 3.05) is 27.3 Å². The van der Waals surface area contributed by atoms with Crippen molar-refractivity contribution in [2.45, 2.75) is 33.7 Å². The van der Waals surface area contributed by atoms with Gasteiger partial charge in [0.25, 0.3) is 0 Å². The lowest BCUT2D eigenvalue weighted by Gasteiger charge is -2.23. The zero-order valence-electron chi connectivity index (χ0n) is 24.4. The van der Waals surface area contributed by atoms with Crippen molar-refractivity contribution in [3.8, 4) is 11.5 Å². The van der Waals surface area contributed by atoms with Crippen LogP contribution in [-0.4, -0.2) is 49.1 Å². The third-order valence-electron chi connectivity index (χ3n) is 6.08. The fourth-order valence-electron chi connectivity index (χ4n) is 4.01. The predicted molar refractivity (Wildman–Crippen MR) is 158 cm³/mol. The Hall–Kier alpha value is -4.63. The summed E-state index contributed by atoms with van der Waals surface area (Å²) in [6.07, 6.45) is 6.70. The summed E-state index contributed by atoms with van der Waals surface area (Å²) in [5, 5.41) is 0. The lowest BCUT2D eigenvalue weighted by molar-refractivity contribution is -0.138. The molecule has 0 aromatic carbocycles. The number of hydrogen-bond donors (Lipinski definition) is 1. The van der Waals surface area contributed by atoms with Crippen LogP contribution in [0, 0.1) is 6.92 Å². The Bertz CT molecular complexity index is 1490. The van der Waals surface area contributed by atoms with E-state index in [-0.39, 0.29) is 30.0 Å². The van der Waals surface area contributed by atoms with E-state index in [4.69, 9.17) is 29.0 Å². The maximum absolute atomic E-state index is 12.8. The summed E-state index contributed by atoms with van der Waals surface area (Å²) in [6, 6.07) is 10.2. The molecule has 2 N–H and O–H groups in total. The molecule has 3 rings (SSSR count). The maximum Gasteiger partial charge on any atom is 0.338 e. The van der Waals surface area contributed by atoms with Gasteiger partial charge in [0.15, 0.2) is 11.5 Å². The van der Waals surface area contributed by atoms with Crippen LogP contribution < -0.4 is 5.73 Å². The first-order chi connectivity index (χ1) is 19.6. The standard InChI is InChI=1S/C32H37N3O6/c1-8-21(28-14-15-30(41-28)29-13-12-20(5)40-29)19-27(35(6)7)26-18-23(32(37)39-11-4)17-25(34-26)24(33)16-22(9-2)31(36)38-10-3/h8-9,12-19,27H,1,10-11,33H2,2-7H3/b21-19+,22-9+,24-16-. The molecule has 0 saturated heterocycles. The number of aromatic nitrogens is 1. The summed E-state index contributed by atoms with van der Waals surface area (Å²) in [6.45, 7) is 11.4. The maximum atomic E-state index is 12.8. The highest BCUT2D eigenvalue weighted by Gasteiger charge is 2.21. The van der Waals surface area contributed by atoms with Gasteiger partial charge in [-0.25, -0.2) is 14.6 Å². The second-order valence-corrected chi connectivity index (χ2v) is 9.26. The number of likely N-dealkylation sites (N-methyl/N-ethyl adjacent to an activating group) is 1. The van der Waals surface area contributed by atoms with E-state index in [1.54, 1.807) is 45.1 Å². The molecule has 0 aliphatic carbocycles. The lowest BCUT2D eigenvalue weighted by Crippen LogP contribution is -2.21. The first kappa shape index (κ1) is 30.9. The Morgan fingerprint density at radius 1 is 1.07 bits per heavy atom. The summed E-state index contributed by atoms with van der Waals surface area (Å²) in [5.74, 6) is 1.56. The number of allylic oxidation sites excluding steroid dienone is 3. The van der Waals surface area contributed by atoms with Gasteiger partial charge in [-0.3, -0.25) is 4.90 Å². The summed E-state index contributed by atoms with van der Waals surface area (Å²) >= 11 is 0. The number of furan rings is 2. The fourth-order valence-corrected chi connectivity index (χ4v) is 4.01. The number of esters is 2. The Morgan fingerprint density at radius 2 is 1.76 bits per heavy atom. The van der Waals surface area contributed by atoms with Crippen molar-refractivity contribution in [3.63, 3.8) is 0 Å². The molecule has 216 valence electrons. The van der Waals surface area contributed by atoms with Crippen molar-refractivity contribution in [2.24, 2.45) is 5.73 Å². The molecule has 0 aliphatic rings. The topological polar surface area (TPSA) is 121 Å². The summed E-state index contributed by atoms with van der Waals surface area (Å²) in [5.41, 5.74) is 8.68. The van der Waals surface area contributed by atoms with Crippen LogP contribution in [-0.2, 0) is 14.3 Å². The van der Waals surface area contributed by atoms with Gasteiger partial charge < -0.3 is 24.0 Å². The highest BCUT2D eigenvalue weighted by Crippen LogP contribution is 2.31. The molecular formula is C32H37N3O6. The highest BCUT2D eigenvalue weighted by atomic mass is 16.5. The molecule has 3 aromatic rings. The number of rotatable bonds is 12. The van der Waals surface area contributed by atoms with E-state index in [1.807, 2.05) is 56.3 Å². The predicted octanol–water partition coefficient (Wildman–Crippen LogP) is 6.10. The van der Waals surface area contributed by atoms with Gasteiger partial charge in [-0.05, 0) is 84.3 Å². The fraction of sp³-hybridized carbons (Fsp3) is 0.281. The van der Waals surface area contributed by atoms with Gasteiger partial charge in [-0.1, -0.05) is 24.8 Å². The minimum atomic E-state index is -0.517. The monoisotopic (exact) mass is 559 g/mol. The number of hydrogen-bond acceptors (Lipinski definition) is 9. The van der Waals surface area contributed by atoms with Crippen molar-refractivity contribution < 1.29 is 27.9 Å². The van der Waals surface area contributed by atoms with Crippen LogP contribution in [0.25, 0.3) is 22.8 Å².